The van der Waals surface area contributed by atoms with Gasteiger partial charge >= 0.3 is 0 Å². The van der Waals surface area contributed by atoms with Crippen LogP contribution in [-0.4, -0.2) is 92.1 Å². The highest BCUT2D eigenvalue weighted by molar-refractivity contribution is 6.38. The normalized spacial score (nSPS) is 17.3. The van der Waals surface area contributed by atoms with Gasteiger partial charge in [0.25, 0.3) is 0 Å². The van der Waals surface area contributed by atoms with Crippen LogP contribution in [0, 0.1) is 21.6 Å². The Kier molecular flexibility index (Phi) is 23.8. The van der Waals surface area contributed by atoms with Crippen LogP contribution >= 0.6 is 46.4 Å². The van der Waals surface area contributed by atoms with Crippen molar-refractivity contribution in [1.29, 1.82) is 21.6 Å². The van der Waals surface area contributed by atoms with E-state index < -0.39 is 11.9 Å². The summed E-state index contributed by atoms with van der Waals surface area (Å²) < 4.78 is 11.7. The van der Waals surface area contributed by atoms with Crippen LogP contribution in [-0.2, 0) is 20.7 Å². The van der Waals surface area contributed by atoms with E-state index in [1.54, 1.807) is 36.4 Å². The molecule has 1 amide bonds. The number of ether oxygens (including phenoxy) is 2. The van der Waals surface area contributed by atoms with Gasteiger partial charge in [0, 0.05) is 48.1 Å². The fourth-order valence-corrected chi connectivity index (χ4v) is 7.06. The van der Waals surface area contributed by atoms with Crippen LogP contribution in [0.5, 0.6) is 0 Å². The van der Waals surface area contributed by atoms with Gasteiger partial charge < -0.3 is 47.9 Å². The van der Waals surface area contributed by atoms with Gasteiger partial charge in [0.2, 0.25) is 11.9 Å². The monoisotopic (exact) mass is 886 g/mol. The zero-order valence-corrected chi connectivity index (χ0v) is 35.6. The van der Waals surface area contributed by atoms with Crippen molar-refractivity contribution in [3.05, 3.63) is 67.6 Å². The predicted octanol–water partition coefficient (Wildman–Crippen LogP) is 4.64. The molecule has 0 bridgehead atoms. The fraction of sp³-hybridized carbons (Fsp3) is 0.514. The fourth-order valence-electron chi connectivity index (χ4n) is 6.04. The van der Waals surface area contributed by atoms with Gasteiger partial charge in [-0.05, 0) is 68.6 Å². The third-order valence-electron chi connectivity index (χ3n) is 8.79. The van der Waals surface area contributed by atoms with Crippen LogP contribution in [0.2, 0.25) is 20.1 Å². The second kappa shape index (κ2) is 27.6. The second-order valence-electron chi connectivity index (χ2n) is 13.5. The van der Waals surface area contributed by atoms with E-state index in [0.29, 0.717) is 44.4 Å². The molecular weight excluding hydrogens is 830 g/mol. The summed E-state index contributed by atoms with van der Waals surface area (Å²) >= 11 is 23.4. The summed E-state index contributed by atoms with van der Waals surface area (Å²) in [6.45, 7) is 5.41. The molecule has 1 spiro atoms. The molecule has 0 radical (unpaired) electrons. The van der Waals surface area contributed by atoms with Crippen molar-refractivity contribution in [1.82, 2.24) is 26.3 Å². The number of guanidine groups is 4. The Hall–Kier alpha value is -4.10. The quantitative estimate of drug-likeness (QED) is 0.0936. The minimum Gasteiger partial charge on any atom is -0.370 e. The molecule has 2 aromatic carbocycles. The second-order valence-corrected chi connectivity index (χ2v) is 15.2. The van der Waals surface area contributed by atoms with Crippen LogP contribution in [0.4, 0.5) is 0 Å². The van der Waals surface area contributed by atoms with Gasteiger partial charge in [0.15, 0.2) is 23.7 Å². The number of carbonyl (C=O) groups is 1. The summed E-state index contributed by atoms with van der Waals surface area (Å²) in [5.41, 5.74) is 23.8. The molecular formula is C37H58Cl4N14O3. The Balaban J connectivity index is 0.000000267. The summed E-state index contributed by atoms with van der Waals surface area (Å²) in [5.74, 6) is -1.31. The molecule has 1 unspecified atom stereocenters. The number of rotatable bonds is 9. The Morgan fingerprint density at radius 3 is 1.84 bits per heavy atom. The summed E-state index contributed by atoms with van der Waals surface area (Å²) in [6, 6.07) is 10.1. The number of nitrogens with two attached hydrogens (primary N) is 4. The molecule has 3 aliphatic rings. The summed E-state index contributed by atoms with van der Waals surface area (Å²) in [4.78, 5) is 13.7. The predicted molar refractivity (Wildman–Crippen MR) is 235 cm³/mol. The van der Waals surface area contributed by atoms with Crippen molar-refractivity contribution in [3.63, 3.8) is 0 Å². The van der Waals surface area contributed by atoms with Crippen LogP contribution < -0.4 is 44.3 Å². The van der Waals surface area contributed by atoms with E-state index in [9.17, 15) is 4.79 Å². The van der Waals surface area contributed by atoms with Gasteiger partial charge in [-0.1, -0.05) is 84.2 Å². The molecule has 2 saturated heterocycles. The van der Waals surface area contributed by atoms with E-state index in [2.05, 4.69) is 31.4 Å². The molecule has 1 saturated carbocycles. The zero-order chi connectivity index (χ0) is 42.9. The maximum atomic E-state index is 11.3. The lowest BCUT2D eigenvalue weighted by Crippen LogP contribution is -2.39. The number of benzene rings is 2. The van der Waals surface area contributed by atoms with Crippen LogP contribution in [0.15, 0.2) is 41.5 Å². The molecule has 58 heavy (non-hydrogen) atoms. The van der Waals surface area contributed by atoms with Crippen molar-refractivity contribution in [2.75, 3.05) is 39.3 Å². The average Bonchev–Trinajstić information content (AvgIpc) is 3.53. The maximum absolute atomic E-state index is 11.3. The van der Waals surface area contributed by atoms with Gasteiger partial charge in [-0.3, -0.25) is 31.7 Å². The van der Waals surface area contributed by atoms with E-state index in [4.69, 9.17) is 100 Å². The summed E-state index contributed by atoms with van der Waals surface area (Å²) in [5, 5.41) is 41.1. The van der Waals surface area contributed by atoms with E-state index in [-0.39, 0.29) is 36.2 Å². The number of likely N-dealkylation sites (tertiary alicyclic amines) is 1. The molecule has 16 N–H and O–H groups in total. The molecule has 3 fully saturated rings. The van der Waals surface area contributed by atoms with Crippen LogP contribution in [0.1, 0.15) is 75.3 Å². The lowest BCUT2D eigenvalue weighted by Gasteiger charge is -2.31. The van der Waals surface area contributed by atoms with Crippen molar-refractivity contribution < 1.29 is 14.3 Å². The SMILES string of the molecule is N=C(N)N/N=C/c1c(Cl)cccc1Cl.N=C(N)NC(=O)Cc1c(Cl)cccc1Cl.N=C(N)NCC1COC2(CCCCC2)O1.N=C(N)NCCN1CCCCCCC1. The highest BCUT2D eigenvalue weighted by Crippen LogP contribution is 2.37. The van der Waals surface area contributed by atoms with Crippen molar-refractivity contribution in [2.24, 2.45) is 28.0 Å². The number of halogens is 4. The molecule has 5 rings (SSSR count). The Morgan fingerprint density at radius 2 is 1.31 bits per heavy atom. The molecule has 1 aliphatic carbocycles. The van der Waals surface area contributed by atoms with Gasteiger partial charge in [-0.2, -0.15) is 5.10 Å². The molecule has 0 aromatic heterocycles. The van der Waals surface area contributed by atoms with Crippen molar-refractivity contribution >= 4 is 82.4 Å². The lowest BCUT2D eigenvalue weighted by molar-refractivity contribution is -0.186. The Morgan fingerprint density at radius 1 is 0.776 bits per heavy atom. The first-order valence-corrected chi connectivity index (χ1v) is 20.5. The number of hydrogen-bond donors (Lipinski definition) is 12. The first-order valence-electron chi connectivity index (χ1n) is 18.9. The van der Waals surface area contributed by atoms with Gasteiger partial charge in [0.1, 0.15) is 6.10 Å². The van der Waals surface area contributed by atoms with Gasteiger partial charge in [0.05, 0.1) is 29.3 Å². The van der Waals surface area contributed by atoms with Crippen molar-refractivity contribution in [3.8, 4) is 0 Å². The van der Waals surface area contributed by atoms with E-state index in [0.717, 1.165) is 25.9 Å². The summed E-state index contributed by atoms with van der Waals surface area (Å²) in [7, 11) is 0. The highest BCUT2D eigenvalue weighted by Gasteiger charge is 2.42. The smallest absolute Gasteiger partial charge is 0.231 e. The average molecular weight is 889 g/mol. The maximum Gasteiger partial charge on any atom is 0.231 e. The minimum absolute atomic E-state index is 0.00190. The molecule has 17 nitrogen and oxygen atoms in total. The van der Waals surface area contributed by atoms with Gasteiger partial charge in [-0.15, -0.1) is 0 Å². The highest BCUT2D eigenvalue weighted by atomic mass is 35.5. The standard InChI is InChI=1S/C10H22N4.C10H19N3O2.C9H9Cl2N3O.C8H8Cl2N4/c11-10(12)13-6-9-14-7-4-2-1-3-5-8-14;11-9(12)13-6-8-7-14-10(15-8)4-2-1-3-5-10;10-6-2-1-3-7(11)5(6)4-8(15)14-9(12)13;9-6-2-1-3-7(10)5(6)4-13-14-8(11)12/h1-9H2,(H4,11,12,13);8H,1-7H2,(H4,11,12,13);1-3H,4H2,(H4,12,13,14,15);1-4H,(H4,11,12,14)/b;;;13-4+. The molecule has 322 valence electrons. The molecule has 21 heteroatoms. The molecule has 2 aromatic rings. The first-order chi connectivity index (χ1) is 27.6. The Bertz CT molecular complexity index is 1610. The van der Waals surface area contributed by atoms with Crippen LogP contribution in [0.3, 0.4) is 0 Å². The number of hydrazone groups is 1. The number of nitrogens with one attached hydrogen (secondary N) is 8. The molecule has 1 atom stereocenters. The van der Waals surface area contributed by atoms with Crippen LogP contribution in [0.25, 0.3) is 0 Å². The number of hydrogen-bond acceptors (Lipinski definition) is 9. The topological polar surface area (TPSA) is 299 Å². The molecule has 2 heterocycles. The lowest BCUT2D eigenvalue weighted by atomic mass is 9.94. The minimum atomic E-state index is -0.419. The zero-order valence-electron chi connectivity index (χ0n) is 32.6. The summed E-state index contributed by atoms with van der Waals surface area (Å²) in [6.07, 6.45) is 13.9. The first kappa shape index (κ1) is 50.0. The van der Waals surface area contributed by atoms with E-state index in [1.807, 2.05) is 0 Å². The van der Waals surface area contributed by atoms with Crippen molar-refractivity contribution in [2.45, 2.75) is 82.5 Å². The Labute approximate surface area is 360 Å². The number of amides is 1. The van der Waals surface area contributed by atoms with E-state index >= 15 is 0 Å². The third kappa shape index (κ3) is 21.1. The molecule has 2 aliphatic heterocycles. The van der Waals surface area contributed by atoms with E-state index in [1.165, 1.54) is 70.7 Å². The number of nitrogens with zero attached hydrogens (tertiary/aromatic N) is 2. The number of carbonyl (C=O) groups excluding carboxylic acids is 1. The largest absolute Gasteiger partial charge is 0.370 e. The van der Waals surface area contributed by atoms with Gasteiger partial charge in [-0.25, -0.2) is 5.43 Å². The third-order valence-corrected chi connectivity index (χ3v) is 10.2.